The maximum absolute atomic E-state index is 5.19. The second-order valence-electron chi connectivity index (χ2n) is 6.19. The van der Waals surface area contributed by atoms with Crippen LogP contribution in [0.25, 0.3) is 0 Å². The molecule has 2 rings (SSSR count). The largest absolute Gasteiger partial charge is 0.497 e. The van der Waals surface area contributed by atoms with Crippen molar-refractivity contribution in [2.24, 2.45) is 4.99 Å². The quantitative estimate of drug-likeness (QED) is 0.414. The zero-order chi connectivity index (χ0) is 17.0. The van der Waals surface area contributed by atoms with E-state index in [1.54, 1.807) is 7.11 Å². The van der Waals surface area contributed by atoms with Gasteiger partial charge < -0.3 is 20.3 Å². The average Bonchev–Trinajstić information content (AvgIpc) is 3.12. The Kier molecular flexibility index (Phi) is 8.46. The number of nitrogens with one attached hydrogen (secondary N) is 2. The second kappa shape index (κ2) is 10.9. The SMILES string of the molecule is CCNC(=NCCCN1CCCC1)NCCc1ccc(OC)cc1. The van der Waals surface area contributed by atoms with Crippen molar-refractivity contribution in [2.45, 2.75) is 32.6 Å². The van der Waals surface area contributed by atoms with Crippen LogP contribution in [-0.4, -0.2) is 57.2 Å². The van der Waals surface area contributed by atoms with Crippen molar-refractivity contribution < 1.29 is 4.74 Å². The van der Waals surface area contributed by atoms with Crippen LogP contribution in [0.1, 0.15) is 31.7 Å². The monoisotopic (exact) mass is 332 g/mol. The van der Waals surface area contributed by atoms with Gasteiger partial charge in [-0.25, -0.2) is 0 Å². The summed E-state index contributed by atoms with van der Waals surface area (Å²) in [4.78, 5) is 7.22. The number of ether oxygens (including phenoxy) is 1. The van der Waals surface area contributed by atoms with Crippen molar-refractivity contribution in [1.82, 2.24) is 15.5 Å². The minimum atomic E-state index is 0.879. The fourth-order valence-corrected chi connectivity index (χ4v) is 2.95. The summed E-state index contributed by atoms with van der Waals surface area (Å²) in [6.45, 7) is 8.46. The number of nitrogens with zero attached hydrogens (tertiary/aromatic N) is 2. The van der Waals surface area contributed by atoms with Gasteiger partial charge in [-0.05, 0) is 69.9 Å². The Morgan fingerprint density at radius 1 is 1.17 bits per heavy atom. The summed E-state index contributed by atoms with van der Waals surface area (Å²) in [7, 11) is 1.69. The summed E-state index contributed by atoms with van der Waals surface area (Å²) in [5, 5.41) is 6.74. The lowest BCUT2D eigenvalue weighted by Gasteiger charge is -2.14. The van der Waals surface area contributed by atoms with Crippen LogP contribution in [0.5, 0.6) is 5.75 Å². The zero-order valence-electron chi connectivity index (χ0n) is 15.2. The van der Waals surface area contributed by atoms with Crippen LogP contribution in [0, 0.1) is 0 Å². The van der Waals surface area contributed by atoms with Gasteiger partial charge in [-0.1, -0.05) is 12.1 Å². The third-order valence-corrected chi connectivity index (χ3v) is 4.31. The number of likely N-dealkylation sites (tertiary alicyclic amines) is 1. The molecule has 0 aliphatic carbocycles. The Morgan fingerprint density at radius 3 is 2.58 bits per heavy atom. The fourth-order valence-electron chi connectivity index (χ4n) is 2.95. The summed E-state index contributed by atoms with van der Waals surface area (Å²) in [5.74, 6) is 1.83. The molecule has 1 fully saturated rings. The highest BCUT2D eigenvalue weighted by Gasteiger charge is 2.09. The number of benzene rings is 1. The molecule has 1 saturated heterocycles. The molecule has 0 bridgehead atoms. The van der Waals surface area contributed by atoms with E-state index in [0.717, 1.165) is 44.2 Å². The Bertz CT molecular complexity index is 481. The highest BCUT2D eigenvalue weighted by Crippen LogP contribution is 2.11. The third kappa shape index (κ3) is 6.79. The number of methoxy groups -OCH3 is 1. The fraction of sp³-hybridized carbons (Fsp3) is 0.632. The summed E-state index contributed by atoms with van der Waals surface area (Å²) in [6.07, 6.45) is 4.83. The van der Waals surface area contributed by atoms with E-state index in [1.165, 1.54) is 38.0 Å². The zero-order valence-corrected chi connectivity index (χ0v) is 15.2. The molecule has 2 N–H and O–H groups in total. The number of aliphatic imine (C=N–C) groups is 1. The summed E-state index contributed by atoms with van der Waals surface area (Å²) in [5.41, 5.74) is 1.30. The molecule has 0 unspecified atom stereocenters. The van der Waals surface area contributed by atoms with Crippen LogP contribution in [0.2, 0.25) is 0 Å². The highest BCUT2D eigenvalue weighted by atomic mass is 16.5. The molecule has 5 heteroatoms. The molecule has 1 aliphatic rings. The third-order valence-electron chi connectivity index (χ3n) is 4.31. The molecule has 0 saturated carbocycles. The van der Waals surface area contributed by atoms with Gasteiger partial charge in [0.1, 0.15) is 5.75 Å². The summed E-state index contributed by atoms with van der Waals surface area (Å²) in [6, 6.07) is 8.24. The van der Waals surface area contributed by atoms with Crippen LogP contribution in [0.3, 0.4) is 0 Å². The lowest BCUT2D eigenvalue weighted by molar-refractivity contribution is 0.336. The Hall–Kier alpha value is -1.75. The van der Waals surface area contributed by atoms with Gasteiger partial charge in [0, 0.05) is 19.6 Å². The molecule has 0 spiro atoms. The van der Waals surface area contributed by atoms with E-state index in [9.17, 15) is 0 Å². The molecular formula is C19H32N4O. The molecule has 0 atom stereocenters. The molecule has 1 heterocycles. The van der Waals surface area contributed by atoms with Gasteiger partial charge >= 0.3 is 0 Å². The first-order chi connectivity index (χ1) is 11.8. The molecule has 0 amide bonds. The van der Waals surface area contributed by atoms with Gasteiger partial charge in [0.05, 0.1) is 7.11 Å². The van der Waals surface area contributed by atoms with Crippen LogP contribution in [0.4, 0.5) is 0 Å². The van der Waals surface area contributed by atoms with Crippen LogP contribution < -0.4 is 15.4 Å². The lowest BCUT2D eigenvalue weighted by atomic mass is 10.1. The number of hydrogen-bond donors (Lipinski definition) is 2. The molecule has 1 aromatic carbocycles. The van der Waals surface area contributed by atoms with Crippen LogP contribution in [-0.2, 0) is 6.42 Å². The van der Waals surface area contributed by atoms with Gasteiger partial charge in [-0.3, -0.25) is 4.99 Å². The number of hydrogen-bond acceptors (Lipinski definition) is 3. The minimum Gasteiger partial charge on any atom is -0.497 e. The predicted molar refractivity (Wildman–Crippen MR) is 101 cm³/mol. The van der Waals surface area contributed by atoms with Gasteiger partial charge in [-0.2, -0.15) is 0 Å². The second-order valence-corrected chi connectivity index (χ2v) is 6.19. The highest BCUT2D eigenvalue weighted by molar-refractivity contribution is 5.79. The van der Waals surface area contributed by atoms with Crippen molar-refractivity contribution in [3.63, 3.8) is 0 Å². The molecule has 134 valence electrons. The lowest BCUT2D eigenvalue weighted by Crippen LogP contribution is -2.38. The van der Waals surface area contributed by atoms with E-state index in [4.69, 9.17) is 4.74 Å². The van der Waals surface area contributed by atoms with Gasteiger partial charge in [0.2, 0.25) is 0 Å². The van der Waals surface area contributed by atoms with E-state index in [2.05, 4.69) is 39.6 Å². The number of rotatable bonds is 9. The molecular weight excluding hydrogens is 300 g/mol. The topological polar surface area (TPSA) is 48.9 Å². The Labute approximate surface area is 146 Å². The Morgan fingerprint density at radius 2 is 1.92 bits per heavy atom. The first kappa shape index (κ1) is 18.6. The summed E-state index contributed by atoms with van der Waals surface area (Å²) >= 11 is 0. The van der Waals surface area contributed by atoms with Crippen molar-refractivity contribution >= 4 is 5.96 Å². The standard InChI is InChI=1S/C19H32N4O/c1-3-20-19(21-12-6-16-23-14-4-5-15-23)22-13-11-17-7-9-18(24-2)10-8-17/h7-10H,3-6,11-16H2,1-2H3,(H2,20,21,22). The smallest absolute Gasteiger partial charge is 0.191 e. The molecule has 0 radical (unpaired) electrons. The normalized spacial score (nSPS) is 15.5. The molecule has 24 heavy (non-hydrogen) atoms. The van der Waals surface area contributed by atoms with E-state index in [0.29, 0.717) is 0 Å². The first-order valence-corrected chi connectivity index (χ1v) is 9.19. The summed E-state index contributed by atoms with van der Waals surface area (Å²) < 4.78 is 5.19. The molecule has 5 nitrogen and oxygen atoms in total. The maximum atomic E-state index is 5.19. The molecule has 1 aromatic rings. The predicted octanol–water partition coefficient (Wildman–Crippen LogP) is 2.28. The van der Waals surface area contributed by atoms with Crippen molar-refractivity contribution in [3.8, 4) is 5.75 Å². The van der Waals surface area contributed by atoms with Gasteiger partial charge in [0.15, 0.2) is 5.96 Å². The number of guanidine groups is 1. The molecule has 1 aliphatic heterocycles. The van der Waals surface area contributed by atoms with Gasteiger partial charge in [-0.15, -0.1) is 0 Å². The van der Waals surface area contributed by atoms with Crippen molar-refractivity contribution in [2.75, 3.05) is 46.4 Å². The van der Waals surface area contributed by atoms with E-state index < -0.39 is 0 Å². The van der Waals surface area contributed by atoms with E-state index >= 15 is 0 Å². The van der Waals surface area contributed by atoms with E-state index in [-0.39, 0.29) is 0 Å². The van der Waals surface area contributed by atoms with Crippen molar-refractivity contribution in [3.05, 3.63) is 29.8 Å². The maximum Gasteiger partial charge on any atom is 0.191 e. The van der Waals surface area contributed by atoms with Gasteiger partial charge in [0.25, 0.3) is 0 Å². The molecule has 0 aromatic heterocycles. The first-order valence-electron chi connectivity index (χ1n) is 9.19. The van der Waals surface area contributed by atoms with Crippen molar-refractivity contribution in [1.29, 1.82) is 0 Å². The van der Waals surface area contributed by atoms with Crippen LogP contribution >= 0.6 is 0 Å². The van der Waals surface area contributed by atoms with E-state index in [1.807, 2.05) is 12.1 Å². The van der Waals surface area contributed by atoms with Crippen LogP contribution in [0.15, 0.2) is 29.3 Å². The Balaban J connectivity index is 1.67. The average molecular weight is 332 g/mol. The minimum absolute atomic E-state index is 0.879.